The number of nitrogens with one attached hydrogen (secondary N) is 2. The van der Waals surface area contributed by atoms with Gasteiger partial charge in [0, 0.05) is 24.3 Å². The Labute approximate surface area is 207 Å². The van der Waals surface area contributed by atoms with Crippen molar-refractivity contribution < 1.29 is 38.2 Å². The zero-order chi connectivity index (χ0) is 26.5. The summed E-state index contributed by atoms with van der Waals surface area (Å²) >= 11 is 0. The van der Waals surface area contributed by atoms with E-state index in [0.29, 0.717) is 5.56 Å². The van der Waals surface area contributed by atoms with Gasteiger partial charge in [-0.15, -0.1) is 0 Å². The summed E-state index contributed by atoms with van der Waals surface area (Å²) in [5.41, 5.74) is 0.449. The van der Waals surface area contributed by atoms with Crippen LogP contribution in [-0.4, -0.2) is 58.4 Å². The summed E-state index contributed by atoms with van der Waals surface area (Å²) in [7, 11) is 0. The van der Waals surface area contributed by atoms with Gasteiger partial charge in [-0.05, 0) is 42.5 Å². The van der Waals surface area contributed by atoms with Crippen LogP contribution >= 0.6 is 0 Å². The Morgan fingerprint density at radius 1 is 1.11 bits per heavy atom. The summed E-state index contributed by atoms with van der Waals surface area (Å²) < 4.78 is 28.3. The minimum Gasteiger partial charge on any atom is -0.481 e. The number of aliphatic hydroxyl groups excluding tert-OH is 1. The molecule has 0 radical (unpaired) electrons. The summed E-state index contributed by atoms with van der Waals surface area (Å²) in [5, 5.41) is 26.1. The second kappa shape index (κ2) is 11.6. The fourth-order valence-corrected chi connectivity index (χ4v) is 4.76. The average Bonchev–Trinajstić information content (AvgIpc) is 3.15. The highest BCUT2D eigenvalue weighted by molar-refractivity contribution is 6.07. The Balaban J connectivity index is 1.59. The summed E-state index contributed by atoms with van der Waals surface area (Å²) in [6, 6.07) is 10.7. The molecule has 1 aliphatic rings. The predicted molar refractivity (Wildman–Crippen MR) is 128 cm³/mol. The third kappa shape index (κ3) is 6.84. The molecular formula is C26H30F2N2O6. The molecule has 0 heterocycles. The molecule has 0 bridgehead atoms. The summed E-state index contributed by atoms with van der Waals surface area (Å²) in [5.74, 6) is -7.46. The van der Waals surface area contributed by atoms with E-state index in [1.54, 1.807) is 19.1 Å². The number of aldehydes is 1. The molecule has 1 saturated carbocycles. The van der Waals surface area contributed by atoms with Crippen molar-refractivity contribution in [2.45, 2.75) is 63.1 Å². The van der Waals surface area contributed by atoms with E-state index < -0.39 is 67.1 Å². The Hall–Kier alpha value is -3.40. The van der Waals surface area contributed by atoms with Crippen LogP contribution in [0.2, 0.25) is 0 Å². The lowest BCUT2D eigenvalue weighted by Crippen LogP contribution is -2.43. The molecule has 4 unspecified atom stereocenters. The van der Waals surface area contributed by atoms with Crippen molar-refractivity contribution in [2.75, 3.05) is 0 Å². The van der Waals surface area contributed by atoms with Gasteiger partial charge in [0.15, 0.2) is 0 Å². The number of hydrogen-bond acceptors (Lipinski definition) is 5. The Morgan fingerprint density at radius 2 is 1.81 bits per heavy atom. The number of aliphatic carboxylic acids is 1. The van der Waals surface area contributed by atoms with Gasteiger partial charge < -0.3 is 25.6 Å². The number of rotatable bonds is 11. The number of halogens is 2. The van der Waals surface area contributed by atoms with E-state index in [1.165, 1.54) is 0 Å². The van der Waals surface area contributed by atoms with Crippen LogP contribution in [0.1, 0.15) is 49.4 Å². The summed E-state index contributed by atoms with van der Waals surface area (Å²) in [6.45, 7) is 1.61. The number of amides is 2. The van der Waals surface area contributed by atoms with Crippen LogP contribution in [0.15, 0.2) is 42.5 Å². The number of carbonyl (C=O) groups is 4. The van der Waals surface area contributed by atoms with E-state index >= 15 is 0 Å². The van der Waals surface area contributed by atoms with E-state index in [-0.39, 0.29) is 25.0 Å². The number of carbonyl (C=O) groups excluding carboxylic acids is 3. The molecule has 1 fully saturated rings. The van der Waals surface area contributed by atoms with Gasteiger partial charge >= 0.3 is 5.97 Å². The monoisotopic (exact) mass is 504 g/mol. The second-order valence-electron chi connectivity index (χ2n) is 9.41. The van der Waals surface area contributed by atoms with Crippen molar-refractivity contribution in [2.24, 2.45) is 11.8 Å². The third-order valence-electron chi connectivity index (χ3n) is 6.68. The first kappa shape index (κ1) is 27.2. The van der Waals surface area contributed by atoms with Crippen molar-refractivity contribution >= 4 is 34.8 Å². The third-order valence-corrected chi connectivity index (χ3v) is 6.68. The highest BCUT2D eigenvalue weighted by Gasteiger charge is 2.49. The molecule has 0 aromatic heterocycles. The molecular weight excluding hydrogens is 474 g/mol. The van der Waals surface area contributed by atoms with E-state index in [0.717, 1.165) is 10.8 Å². The lowest BCUT2D eigenvalue weighted by Gasteiger charge is -2.24. The van der Waals surface area contributed by atoms with Gasteiger partial charge in [0.25, 0.3) is 5.91 Å². The first-order valence-corrected chi connectivity index (χ1v) is 11.8. The number of alkyl halides is 2. The standard InChI is InChI=1S/C26H30F2N2O6/c1-15(29-24(35)20-8-4-6-16-5-2-3-7-19(16)20)22(32)10-9-17-12-26(27,28)13-21(17)25(36)30-18(14-31)11-23(33)34/h2-8,14-15,17-18,21-22,32H,9-13H2,1H3,(H,29,35)(H,30,36)(H,33,34)/t15?,17?,18-,21?,22?/m0/s1. The van der Waals surface area contributed by atoms with Crippen molar-refractivity contribution in [1.82, 2.24) is 10.6 Å². The number of hydrogen-bond donors (Lipinski definition) is 4. The quantitative estimate of drug-likeness (QED) is 0.348. The fraction of sp³-hybridized carbons (Fsp3) is 0.462. The molecule has 2 aromatic carbocycles. The summed E-state index contributed by atoms with van der Waals surface area (Å²) in [4.78, 5) is 47.3. The van der Waals surface area contributed by atoms with Gasteiger partial charge in [0.2, 0.25) is 11.8 Å². The molecule has 5 atom stereocenters. The number of fused-ring (bicyclic) bond motifs is 1. The van der Waals surface area contributed by atoms with Crippen molar-refractivity contribution in [1.29, 1.82) is 0 Å². The maximum Gasteiger partial charge on any atom is 0.305 e. The van der Waals surface area contributed by atoms with E-state index in [1.807, 2.05) is 30.3 Å². The van der Waals surface area contributed by atoms with Crippen LogP contribution in [0.5, 0.6) is 0 Å². The zero-order valence-electron chi connectivity index (χ0n) is 19.8. The second-order valence-corrected chi connectivity index (χ2v) is 9.41. The van der Waals surface area contributed by atoms with Crippen LogP contribution in [0.4, 0.5) is 8.78 Å². The normalized spacial score (nSPS) is 21.3. The van der Waals surface area contributed by atoms with Crippen LogP contribution in [-0.2, 0) is 14.4 Å². The SMILES string of the molecule is CC(NC(=O)c1cccc2ccccc12)C(O)CCC1CC(F)(F)CC1C(=O)N[C@H](C=O)CC(=O)O. The Morgan fingerprint density at radius 3 is 2.50 bits per heavy atom. The molecule has 2 aromatic rings. The van der Waals surface area contributed by atoms with E-state index in [2.05, 4.69) is 10.6 Å². The Kier molecular flexibility index (Phi) is 8.73. The van der Waals surface area contributed by atoms with Crippen LogP contribution in [0, 0.1) is 11.8 Å². The first-order valence-electron chi connectivity index (χ1n) is 11.8. The summed E-state index contributed by atoms with van der Waals surface area (Å²) in [6.07, 6.45) is -2.54. The van der Waals surface area contributed by atoms with Gasteiger partial charge in [-0.3, -0.25) is 14.4 Å². The number of carboxylic acid groups (broad SMARTS) is 1. The largest absolute Gasteiger partial charge is 0.481 e. The van der Waals surface area contributed by atoms with Gasteiger partial charge in [-0.25, -0.2) is 8.78 Å². The molecule has 194 valence electrons. The number of benzene rings is 2. The molecule has 0 spiro atoms. The van der Waals surface area contributed by atoms with Gasteiger partial charge in [-0.1, -0.05) is 36.4 Å². The maximum atomic E-state index is 14.1. The van der Waals surface area contributed by atoms with Crippen LogP contribution < -0.4 is 10.6 Å². The smallest absolute Gasteiger partial charge is 0.305 e. The molecule has 3 rings (SSSR count). The topological polar surface area (TPSA) is 133 Å². The van der Waals surface area contributed by atoms with Crippen LogP contribution in [0.25, 0.3) is 10.8 Å². The number of carboxylic acids is 1. The fourth-order valence-electron chi connectivity index (χ4n) is 4.76. The lowest BCUT2D eigenvalue weighted by atomic mass is 9.88. The number of aliphatic hydroxyl groups is 1. The van der Waals surface area contributed by atoms with Gasteiger partial charge in [-0.2, -0.15) is 0 Å². The van der Waals surface area contributed by atoms with Crippen LogP contribution in [0.3, 0.4) is 0 Å². The molecule has 1 aliphatic carbocycles. The van der Waals surface area contributed by atoms with Crippen molar-refractivity contribution in [3.05, 3.63) is 48.0 Å². The van der Waals surface area contributed by atoms with Gasteiger partial charge in [0.1, 0.15) is 6.29 Å². The van der Waals surface area contributed by atoms with Gasteiger partial charge in [0.05, 0.1) is 24.6 Å². The Bertz CT molecular complexity index is 1120. The minimum atomic E-state index is -3.09. The molecule has 10 heteroatoms. The minimum absolute atomic E-state index is 0.0632. The zero-order valence-corrected chi connectivity index (χ0v) is 19.8. The molecule has 2 amide bonds. The highest BCUT2D eigenvalue weighted by Crippen LogP contribution is 2.45. The average molecular weight is 505 g/mol. The molecule has 0 saturated heterocycles. The molecule has 0 aliphatic heterocycles. The lowest BCUT2D eigenvalue weighted by molar-refractivity contribution is -0.139. The van der Waals surface area contributed by atoms with E-state index in [9.17, 15) is 33.1 Å². The van der Waals surface area contributed by atoms with Crippen molar-refractivity contribution in [3.63, 3.8) is 0 Å². The highest BCUT2D eigenvalue weighted by atomic mass is 19.3. The first-order chi connectivity index (χ1) is 17.0. The van der Waals surface area contributed by atoms with E-state index in [4.69, 9.17) is 5.11 Å². The predicted octanol–water partition coefficient (Wildman–Crippen LogP) is 2.92. The molecule has 4 N–H and O–H groups in total. The molecule has 8 nitrogen and oxygen atoms in total. The van der Waals surface area contributed by atoms with Crippen molar-refractivity contribution in [3.8, 4) is 0 Å². The maximum absolute atomic E-state index is 14.1. The molecule has 36 heavy (non-hydrogen) atoms.